The van der Waals surface area contributed by atoms with Crippen molar-refractivity contribution in [1.82, 2.24) is 9.78 Å². The summed E-state index contributed by atoms with van der Waals surface area (Å²) in [6, 6.07) is 11.3. The summed E-state index contributed by atoms with van der Waals surface area (Å²) in [6.45, 7) is 4.45. The number of furan rings is 1. The van der Waals surface area contributed by atoms with Gasteiger partial charge in [-0.05, 0) is 49.2 Å². The highest BCUT2D eigenvalue weighted by molar-refractivity contribution is 6.02. The van der Waals surface area contributed by atoms with Crippen LogP contribution in [-0.2, 0) is 6.54 Å². The summed E-state index contributed by atoms with van der Waals surface area (Å²) in [6.07, 6.45) is 3.55. The minimum atomic E-state index is -0.250. The fourth-order valence-electron chi connectivity index (χ4n) is 2.19. The molecular weight excluding hydrogens is 278 g/mol. The lowest BCUT2D eigenvalue weighted by atomic mass is 10.1. The van der Waals surface area contributed by atoms with Crippen LogP contribution in [0.5, 0.6) is 0 Å². The fraction of sp³-hybridized carbons (Fsp3) is 0.176. The highest BCUT2D eigenvalue weighted by Gasteiger charge is 2.13. The summed E-state index contributed by atoms with van der Waals surface area (Å²) in [7, 11) is 0. The van der Waals surface area contributed by atoms with Crippen LogP contribution < -0.4 is 5.32 Å². The second-order valence-corrected chi connectivity index (χ2v) is 5.24. The first-order valence-corrected chi connectivity index (χ1v) is 7.06. The number of amides is 1. The van der Waals surface area contributed by atoms with Gasteiger partial charge in [0.15, 0.2) is 5.76 Å². The summed E-state index contributed by atoms with van der Waals surface area (Å²) < 4.78 is 7.33. The number of hydrogen-bond acceptors (Lipinski definition) is 3. The summed E-state index contributed by atoms with van der Waals surface area (Å²) in [5, 5.41) is 7.00. The minimum Gasteiger partial charge on any atom is -0.454 e. The van der Waals surface area contributed by atoms with E-state index in [1.54, 1.807) is 23.0 Å². The Hall–Kier alpha value is -2.82. The molecule has 1 N–H and O–H groups in total. The van der Waals surface area contributed by atoms with Crippen LogP contribution in [0.2, 0.25) is 0 Å². The molecule has 5 nitrogen and oxygen atoms in total. The highest BCUT2D eigenvalue weighted by Crippen LogP contribution is 2.18. The van der Waals surface area contributed by atoms with Crippen molar-refractivity contribution in [2.45, 2.75) is 20.4 Å². The third-order valence-electron chi connectivity index (χ3n) is 3.40. The molecule has 1 aromatic carbocycles. The Kier molecular flexibility index (Phi) is 3.78. The van der Waals surface area contributed by atoms with Crippen LogP contribution in [0, 0.1) is 13.8 Å². The van der Waals surface area contributed by atoms with Gasteiger partial charge in [-0.25, -0.2) is 0 Å². The van der Waals surface area contributed by atoms with Gasteiger partial charge < -0.3 is 9.73 Å². The van der Waals surface area contributed by atoms with E-state index in [9.17, 15) is 4.79 Å². The SMILES string of the molecule is Cc1ccc(C)c(NC(=O)c2ccc(Cn3cccn3)o2)c1. The first-order chi connectivity index (χ1) is 10.6. The molecule has 2 aromatic heterocycles. The number of aryl methyl sites for hydroxylation is 2. The van der Waals surface area contributed by atoms with Crippen LogP contribution >= 0.6 is 0 Å². The second-order valence-electron chi connectivity index (χ2n) is 5.24. The van der Waals surface area contributed by atoms with Crippen molar-refractivity contribution in [3.63, 3.8) is 0 Å². The van der Waals surface area contributed by atoms with E-state index in [-0.39, 0.29) is 5.91 Å². The van der Waals surface area contributed by atoms with Crippen LogP contribution in [0.4, 0.5) is 5.69 Å². The molecule has 0 aliphatic carbocycles. The molecule has 0 bridgehead atoms. The number of nitrogens with zero attached hydrogens (tertiary/aromatic N) is 2. The number of carbonyl (C=O) groups is 1. The average Bonchev–Trinajstić information content (AvgIpc) is 3.15. The molecule has 0 spiro atoms. The lowest BCUT2D eigenvalue weighted by Crippen LogP contribution is -2.12. The van der Waals surface area contributed by atoms with Gasteiger partial charge in [0.25, 0.3) is 5.91 Å². The van der Waals surface area contributed by atoms with E-state index < -0.39 is 0 Å². The summed E-state index contributed by atoms with van der Waals surface area (Å²) >= 11 is 0. The Morgan fingerprint density at radius 2 is 2.14 bits per heavy atom. The number of rotatable bonds is 4. The Bertz CT molecular complexity index is 788. The number of anilines is 1. The molecule has 1 amide bonds. The van der Waals surface area contributed by atoms with E-state index in [0.29, 0.717) is 18.1 Å². The van der Waals surface area contributed by atoms with Gasteiger partial charge in [-0.3, -0.25) is 9.48 Å². The van der Waals surface area contributed by atoms with Crippen LogP contribution in [0.1, 0.15) is 27.4 Å². The maximum Gasteiger partial charge on any atom is 0.291 e. The zero-order valence-corrected chi connectivity index (χ0v) is 12.5. The molecule has 2 heterocycles. The molecule has 0 atom stereocenters. The summed E-state index contributed by atoms with van der Waals surface area (Å²) in [5.41, 5.74) is 2.91. The maximum atomic E-state index is 12.3. The minimum absolute atomic E-state index is 0.250. The lowest BCUT2D eigenvalue weighted by Gasteiger charge is -2.08. The predicted molar refractivity (Wildman–Crippen MR) is 83.9 cm³/mol. The van der Waals surface area contributed by atoms with Crippen molar-refractivity contribution in [1.29, 1.82) is 0 Å². The number of nitrogens with one attached hydrogen (secondary N) is 1. The quantitative estimate of drug-likeness (QED) is 0.802. The molecular formula is C17H17N3O2. The molecule has 0 unspecified atom stereocenters. The molecule has 3 rings (SSSR count). The smallest absolute Gasteiger partial charge is 0.291 e. The zero-order chi connectivity index (χ0) is 15.5. The summed E-state index contributed by atoms with van der Waals surface area (Å²) in [4.78, 5) is 12.3. The van der Waals surface area contributed by atoms with Crippen LogP contribution in [-0.4, -0.2) is 15.7 Å². The highest BCUT2D eigenvalue weighted by atomic mass is 16.4. The van der Waals surface area contributed by atoms with Crippen LogP contribution in [0.15, 0.2) is 53.2 Å². The Morgan fingerprint density at radius 1 is 1.27 bits per heavy atom. The Balaban J connectivity index is 1.72. The normalized spacial score (nSPS) is 10.6. The van der Waals surface area contributed by atoms with Gasteiger partial charge in [-0.1, -0.05) is 12.1 Å². The van der Waals surface area contributed by atoms with E-state index in [4.69, 9.17) is 4.42 Å². The molecule has 0 saturated carbocycles. The van der Waals surface area contributed by atoms with E-state index in [1.807, 2.05) is 44.3 Å². The number of benzene rings is 1. The van der Waals surface area contributed by atoms with Crippen molar-refractivity contribution < 1.29 is 9.21 Å². The van der Waals surface area contributed by atoms with Gasteiger partial charge in [0.05, 0.1) is 6.54 Å². The largest absolute Gasteiger partial charge is 0.454 e. The zero-order valence-electron chi connectivity index (χ0n) is 12.5. The molecule has 112 valence electrons. The van der Waals surface area contributed by atoms with Gasteiger partial charge in [0, 0.05) is 18.1 Å². The van der Waals surface area contributed by atoms with E-state index in [1.165, 1.54) is 0 Å². The van der Waals surface area contributed by atoms with Crippen molar-refractivity contribution in [2.75, 3.05) is 5.32 Å². The first kappa shape index (κ1) is 14.1. The van der Waals surface area contributed by atoms with E-state index in [0.717, 1.165) is 16.8 Å². The first-order valence-electron chi connectivity index (χ1n) is 7.06. The predicted octanol–water partition coefficient (Wildman–Crippen LogP) is 3.39. The van der Waals surface area contributed by atoms with Crippen LogP contribution in [0.25, 0.3) is 0 Å². The average molecular weight is 295 g/mol. The number of hydrogen-bond donors (Lipinski definition) is 1. The van der Waals surface area contributed by atoms with Gasteiger partial charge in [-0.15, -0.1) is 0 Å². The van der Waals surface area contributed by atoms with Gasteiger partial charge in [0.1, 0.15) is 5.76 Å². The van der Waals surface area contributed by atoms with Crippen molar-refractivity contribution >= 4 is 11.6 Å². The number of carbonyl (C=O) groups excluding carboxylic acids is 1. The molecule has 0 aliphatic heterocycles. The fourth-order valence-corrected chi connectivity index (χ4v) is 2.19. The maximum absolute atomic E-state index is 12.3. The van der Waals surface area contributed by atoms with Crippen molar-refractivity contribution in [3.05, 3.63) is 71.4 Å². The third kappa shape index (κ3) is 3.09. The van der Waals surface area contributed by atoms with Gasteiger partial charge >= 0.3 is 0 Å². The van der Waals surface area contributed by atoms with E-state index >= 15 is 0 Å². The van der Waals surface area contributed by atoms with E-state index in [2.05, 4.69) is 10.4 Å². The molecule has 0 fully saturated rings. The Morgan fingerprint density at radius 3 is 2.91 bits per heavy atom. The Labute approximate surface area is 128 Å². The van der Waals surface area contributed by atoms with Gasteiger partial charge in [-0.2, -0.15) is 5.10 Å². The topological polar surface area (TPSA) is 60.1 Å². The second kappa shape index (κ2) is 5.89. The van der Waals surface area contributed by atoms with Crippen molar-refractivity contribution in [3.8, 4) is 0 Å². The standard InChI is InChI=1S/C17H17N3O2/c1-12-4-5-13(2)15(10-12)19-17(21)16-7-6-14(22-16)11-20-9-3-8-18-20/h3-10H,11H2,1-2H3,(H,19,21). The third-order valence-corrected chi connectivity index (χ3v) is 3.40. The van der Waals surface area contributed by atoms with Crippen LogP contribution in [0.3, 0.4) is 0 Å². The molecule has 0 radical (unpaired) electrons. The molecule has 0 aliphatic rings. The number of aromatic nitrogens is 2. The van der Waals surface area contributed by atoms with Gasteiger partial charge in [0.2, 0.25) is 0 Å². The molecule has 0 saturated heterocycles. The molecule has 22 heavy (non-hydrogen) atoms. The molecule has 3 aromatic rings. The molecule has 5 heteroatoms. The summed E-state index contributed by atoms with van der Waals surface area (Å²) in [5.74, 6) is 0.735. The monoisotopic (exact) mass is 295 g/mol. The van der Waals surface area contributed by atoms with Crippen molar-refractivity contribution in [2.24, 2.45) is 0 Å². The lowest BCUT2D eigenvalue weighted by molar-refractivity contribution is 0.0994.